The Bertz CT molecular complexity index is 1070. The van der Waals surface area contributed by atoms with Crippen LogP contribution in [0.3, 0.4) is 0 Å². The zero-order valence-corrected chi connectivity index (χ0v) is 30.4. The van der Waals surface area contributed by atoms with Gasteiger partial charge in [0.15, 0.2) is 26.7 Å². The number of carbonyl (C=O) groups is 1. The van der Waals surface area contributed by atoms with Crippen LogP contribution in [0.1, 0.15) is 72.7 Å². The van der Waals surface area contributed by atoms with Crippen LogP contribution in [-0.2, 0) is 42.4 Å². The molecule has 0 aliphatic carbocycles. The molecular formula is C35H58O9Si. The number of ether oxygens (including phenoxy) is 7. The highest BCUT2D eigenvalue weighted by molar-refractivity contribution is 6.74. The van der Waals surface area contributed by atoms with Gasteiger partial charge in [0.25, 0.3) is 0 Å². The highest BCUT2D eigenvalue weighted by Gasteiger charge is 2.46. The number of hydrogen-bond acceptors (Lipinski definition) is 9. The minimum absolute atomic E-state index is 0.0205. The molecule has 3 rings (SSSR count). The fourth-order valence-corrected chi connectivity index (χ4v) is 6.37. The van der Waals surface area contributed by atoms with E-state index in [1.165, 1.54) is 0 Å². The van der Waals surface area contributed by atoms with E-state index in [0.29, 0.717) is 13.0 Å². The molecule has 2 aliphatic heterocycles. The van der Waals surface area contributed by atoms with Gasteiger partial charge >= 0.3 is 0 Å². The molecule has 256 valence electrons. The van der Waals surface area contributed by atoms with Gasteiger partial charge in [-0.3, -0.25) is 4.79 Å². The van der Waals surface area contributed by atoms with Gasteiger partial charge in [-0.15, -0.1) is 0 Å². The van der Waals surface area contributed by atoms with Gasteiger partial charge in [0.05, 0.1) is 31.5 Å². The molecule has 0 radical (unpaired) electrons. The average molecular weight is 651 g/mol. The van der Waals surface area contributed by atoms with Crippen molar-refractivity contribution < 1.29 is 42.4 Å². The van der Waals surface area contributed by atoms with E-state index in [0.717, 1.165) is 18.4 Å². The minimum Gasteiger partial charge on any atom is -0.409 e. The van der Waals surface area contributed by atoms with Gasteiger partial charge < -0.3 is 37.6 Å². The van der Waals surface area contributed by atoms with Gasteiger partial charge in [-0.1, -0.05) is 78.0 Å². The first-order chi connectivity index (χ1) is 21.1. The van der Waals surface area contributed by atoms with Crippen LogP contribution in [-0.4, -0.2) is 91.6 Å². The van der Waals surface area contributed by atoms with Gasteiger partial charge in [-0.2, -0.15) is 0 Å². The molecule has 0 saturated carbocycles. The number of hydrogen-bond donors (Lipinski definition) is 0. The average Bonchev–Trinajstić information content (AvgIpc) is 3.01. The molecule has 2 aliphatic rings. The van der Waals surface area contributed by atoms with Gasteiger partial charge in [-0.25, -0.2) is 0 Å². The third-order valence-corrected chi connectivity index (χ3v) is 14.1. The number of rotatable bonds is 15. The van der Waals surface area contributed by atoms with Crippen molar-refractivity contribution in [3.05, 3.63) is 48.0 Å². The second-order valence-corrected chi connectivity index (χ2v) is 19.1. The van der Waals surface area contributed by atoms with Crippen LogP contribution in [0.15, 0.2) is 42.5 Å². The van der Waals surface area contributed by atoms with Crippen molar-refractivity contribution >= 4 is 14.1 Å². The Morgan fingerprint density at radius 2 is 1.62 bits per heavy atom. The van der Waals surface area contributed by atoms with Crippen LogP contribution in [0.2, 0.25) is 18.1 Å². The van der Waals surface area contributed by atoms with E-state index in [2.05, 4.69) is 54.6 Å². The maximum absolute atomic E-state index is 13.1. The lowest BCUT2D eigenvalue weighted by Crippen LogP contribution is -2.57. The van der Waals surface area contributed by atoms with Crippen molar-refractivity contribution in [2.75, 3.05) is 34.5 Å². The van der Waals surface area contributed by atoms with Gasteiger partial charge in [0.2, 0.25) is 0 Å². The Morgan fingerprint density at radius 1 is 0.978 bits per heavy atom. The predicted molar refractivity (Wildman–Crippen MR) is 177 cm³/mol. The quantitative estimate of drug-likeness (QED) is 0.153. The van der Waals surface area contributed by atoms with Crippen LogP contribution in [0.5, 0.6) is 0 Å². The summed E-state index contributed by atoms with van der Waals surface area (Å²) in [5.74, 6) is -0.0739. The molecule has 10 heteroatoms. The maximum atomic E-state index is 13.1. The summed E-state index contributed by atoms with van der Waals surface area (Å²) >= 11 is 0. The van der Waals surface area contributed by atoms with Crippen LogP contribution >= 0.6 is 0 Å². The summed E-state index contributed by atoms with van der Waals surface area (Å²) < 4.78 is 49.2. The molecular weight excluding hydrogens is 592 g/mol. The fraction of sp³-hybridized carbons (Fsp3) is 0.743. The molecule has 1 aromatic carbocycles. The van der Waals surface area contributed by atoms with E-state index in [4.69, 9.17) is 37.6 Å². The summed E-state index contributed by atoms with van der Waals surface area (Å²) in [5, 5.41) is 0.0205. The molecule has 2 heterocycles. The second kappa shape index (κ2) is 16.6. The monoisotopic (exact) mass is 650 g/mol. The van der Waals surface area contributed by atoms with E-state index >= 15 is 0 Å². The van der Waals surface area contributed by atoms with Crippen LogP contribution in [0, 0.1) is 5.41 Å². The number of benzene rings is 1. The Labute approximate surface area is 272 Å². The van der Waals surface area contributed by atoms with Crippen molar-refractivity contribution in [1.29, 1.82) is 0 Å². The Morgan fingerprint density at radius 3 is 2.20 bits per heavy atom. The number of methoxy groups -OCH3 is 3. The van der Waals surface area contributed by atoms with Crippen LogP contribution in [0.25, 0.3) is 0 Å². The molecule has 45 heavy (non-hydrogen) atoms. The van der Waals surface area contributed by atoms with Gasteiger partial charge in [0, 0.05) is 45.1 Å². The molecule has 0 spiro atoms. The Hall–Kier alpha value is -1.47. The summed E-state index contributed by atoms with van der Waals surface area (Å²) in [7, 11) is 2.83. The molecule has 0 bridgehead atoms. The van der Waals surface area contributed by atoms with Crippen molar-refractivity contribution in [1.82, 2.24) is 0 Å². The first-order valence-corrected chi connectivity index (χ1v) is 19.1. The lowest BCUT2D eigenvalue weighted by molar-refractivity contribution is -0.307. The third kappa shape index (κ3) is 10.3. The van der Waals surface area contributed by atoms with Crippen molar-refractivity contribution in [2.45, 2.75) is 128 Å². The number of carbonyl (C=O) groups excluding carboxylic acids is 1. The van der Waals surface area contributed by atoms with Crippen LogP contribution in [0.4, 0.5) is 0 Å². The highest BCUT2D eigenvalue weighted by Crippen LogP contribution is 2.39. The van der Waals surface area contributed by atoms with Crippen molar-refractivity contribution in [3.8, 4) is 0 Å². The molecule has 0 N–H and O–H groups in total. The zero-order chi connectivity index (χ0) is 33.4. The predicted octanol–water partition coefficient (Wildman–Crippen LogP) is 6.62. The molecule has 2 saturated heterocycles. The largest absolute Gasteiger partial charge is 0.409 e. The molecule has 9 nitrogen and oxygen atoms in total. The molecule has 1 aromatic rings. The van der Waals surface area contributed by atoms with Gasteiger partial charge in [0.1, 0.15) is 18.3 Å². The summed E-state index contributed by atoms with van der Waals surface area (Å²) in [6, 6.07) is 10.0. The van der Waals surface area contributed by atoms with Crippen LogP contribution < -0.4 is 0 Å². The Balaban J connectivity index is 1.85. The first kappa shape index (κ1) is 38.0. The molecule has 2 fully saturated rings. The number of ketones is 1. The van der Waals surface area contributed by atoms with Gasteiger partial charge in [-0.05, 0) is 30.6 Å². The first-order valence-electron chi connectivity index (χ1n) is 16.2. The topological polar surface area (TPSA) is 90.9 Å². The fourth-order valence-electron chi connectivity index (χ4n) is 5.43. The zero-order valence-electron chi connectivity index (χ0n) is 29.4. The standard InChI is InChI=1S/C35H58O9Si/c1-12-26-20-27(43-32(42-26)24-16-14-13-15-17-24)21-29(44-33-31(39-9)30(38-8)28(37-7)23-40-33)35(5,6)19-18-25(36)22-41-45(10,11)34(2,3)4/h13-19,26-33H,12,20-23H2,1-11H3/b19-18+/t26-,27-,28-,29+,30+,31-,32-,33+/m1/s1. The van der Waals surface area contributed by atoms with E-state index in [-0.39, 0.29) is 41.8 Å². The SMILES string of the molecule is CC[C@@H]1C[C@H](C[C@H](O[C@@H]2OC[C@@H](OC)[C@H](OC)[C@H]2OC)C(C)(C)/C=C/C(=O)CO[Si](C)(C)C(C)(C)C)O[C@H](c2ccccc2)O1. The smallest absolute Gasteiger partial charge is 0.192 e. The van der Waals surface area contributed by atoms with E-state index in [9.17, 15) is 4.79 Å². The summed E-state index contributed by atoms with van der Waals surface area (Å²) in [4.78, 5) is 13.1. The minimum atomic E-state index is -2.06. The van der Waals surface area contributed by atoms with E-state index in [1.54, 1.807) is 27.4 Å². The molecule has 0 aromatic heterocycles. The van der Waals surface area contributed by atoms with Crippen molar-refractivity contribution in [3.63, 3.8) is 0 Å². The lowest BCUT2D eigenvalue weighted by Gasteiger charge is -2.44. The highest BCUT2D eigenvalue weighted by atomic mass is 28.4. The summed E-state index contributed by atoms with van der Waals surface area (Å²) in [5.41, 5.74) is 0.397. The van der Waals surface area contributed by atoms with Crippen molar-refractivity contribution in [2.24, 2.45) is 5.41 Å². The molecule has 8 atom stereocenters. The lowest BCUT2D eigenvalue weighted by atomic mass is 9.81. The maximum Gasteiger partial charge on any atom is 0.192 e. The van der Waals surface area contributed by atoms with E-state index < -0.39 is 38.5 Å². The molecule has 0 amide bonds. The Kier molecular flexibility index (Phi) is 14.0. The molecule has 0 unspecified atom stereocenters. The summed E-state index contributed by atoms with van der Waals surface area (Å²) in [6.07, 6.45) is 2.81. The second-order valence-electron chi connectivity index (χ2n) is 14.3. The normalized spacial score (nSPS) is 29.2. The third-order valence-electron chi connectivity index (χ3n) is 9.60. The summed E-state index contributed by atoms with van der Waals surface area (Å²) in [6.45, 7) is 17.4. The van der Waals surface area contributed by atoms with E-state index in [1.807, 2.05) is 36.4 Å².